The third kappa shape index (κ3) is 3.46. The van der Waals surface area contributed by atoms with Crippen molar-refractivity contribution in [2.24, 2.45) is 0 Å². The standard InChI is InChI=1S/C23H32N4O4/c1-24-9-7-17(8-10-24)25-14-23(15-25)22(30)26(12-16-3-5-19(31-2)6-4-16)21(29)20-11-18(28)13-27(20)23/h3-6,17-18,20,28H,7-15H2,1-2H3. The Kier molecular flexibility index (Phi) is 5.29. The van der Waals surface area contributed by atoms with Gasteiger partial charge in [0.05, 0.1) is 25.8 Å². The fourth-order valence-electron chi connectivity index (χ4n) is 5.80. The summed E-state index contributed by atoms with van der Waals surface area (Å²) < 4.78 is 5.22. The van der Waals surface area contributed by atoms with Crippen molar-refractivity contribution < 1.29 is 19.4 Å². The number of fused-ring (bicyclic) bond motifs is 2. The van der Waals surface area contributed by atoms with Gasteiger partial charge in [-0.2, -0.15) is 0 Å². The molecule has 1 spiro atoms. The number of β-amino-alcohol motifs (C(OH)–C–C–N with tert-alkyl or cyclic N) is 1. The van der Waals surface area contributed by atoms with Gasteiger partial charge >= 0.3 is 0 Å². The lowest BCUT2D eigenvalue weighted by Crippen LogP contribution is -2.82. The average molecular weight is 429 g/mol. The first-order chi connectivity index (χ1) is 14.9. The minimum absolute atomic E-state index is 0.108. The molecule has 0 aromatic heterocycles. The van der Waals surface area contributed by atoms with Crippen LogP contribution in [0.3, 0.4) is 0 Å². The molecule has 4 fully saturated rings. The topological polar surface area (TPSA) is 76.6 Å². The molecule has 4 heterocycles. The van der Waals surface area contributed by atoms with Crippen molar-refractivity contribution in [2.75, 3.05) is 46.9 Å². The van der Waals surface area contributed by atoms with Crippen LogP contribution in [0.5, 0.6) is 5.75 Å². The second-order valence-corrected chi connectivity index (χ2v) is 9.61. The number of hydrogen-bond donors (Lipinski definition) is 1. The Bertz CT molecular complexity index is 846. The van der Waals surface area contributed by atoms with Gasteiger partial charge in [0.1, 0.15) is 11.3 Å². The van der Waals surface area contributed by atoms with Gasteiger partial charge in [-0.15, -0.1) is 0 Å². The number of imide groups is 1. The second kappa shape index (κ2) is 7.85. The Labute approximate surface area is 183 Å². The maximum absolute atomic E-state index is 13.7. The molecule has 168 valence electrons. The van der Waals surface area contributed by atoms with Crippen LogP contribution in [0, 0.1) is 0 Å². The van der Waals surface area contributed by atoms with Crippen LogP contribution in [0.1, 0.15) is 24.8 Å². The maximum atomic E-state index is 13.7. The zero-order valence-electron chi connectivity index (χ0n) is 18.4. The van der Waals surface area contributed by atoms with E-state index in [9.17, 15) is 14.7 Å². The van der Waals surface area contributed by atoms with Crippen molar-refractivity contribution in [1.82, 2.24) is 19.6 Å². The summed E-state index contributed by atoms with van der Waals surface area (Å²) in [6.07, 6.45) is 2.07. The van der Waals surface area contributed by atoms with Gasteiger partial charge in [-0.1, -0.05) is 12.1 Å². The first kappa shape index (κ1) is 20.9. The number of amides is 2. The number of hydrogen-bond acceptors (Lipinski definition) is 7. The molecular formula is C23H32N4O4. The van der Waals surface area contributed by atoms with E-state index in [0.29, 0.717) is 32.1 Å². The van der Waals surface area contributed by atoms with E-state index in [0.717, 1.165) is 37.2 Å². The number of carbonyl (C=O) groups excluding carboxylic acids is 2. The smallest absolute Gasteiger partial charge is 0.252 e. The molecule has 0 bridgehead atoms. The van der Waals surface area contributed by atoms with Crippen LogP contribution in [0.15, 0.2) is 24.3 Å². The van der Waals surface area contributed by atoms with E-state index in [-0.39, 0.29) is 18.4 Å². The fourth-order valence-corrected chi connectivity index (χ4v) is 5.80. The summed E-state index contributed by atoms with van der Waals surface area (Å²) in [5.41, 5.74) is 0.211. The highest BCUT2D eigenvalue weighted by molar-refractivity contribution is 6.06. The Balaban J connectivity index is 1.37. The quantitative estimate of drug-likeness (QED) is 0.684. The SMILES string of the molecule is COc1ccc(CN2C(=O)C3CC(O)CN3C3(CN(C4CCN(C)CC4)C3)C2=O)cc1. The van der Waals surface area contributed by atoms with E-state index in [2.05, 4.69) is 16.8 Å². The highest BCUT2D eigenvalue weighted by Crippen LogP contribution is 2.42. The number of benzene rings is 1. The van der Waals surface area contributed by atoms with Crippen LogP contribution < -0.4 is 4.74 Å². The van der Waals surface area contributed by atoms with Gasteiger partial charge in [-0.05, 0) is 57.1 Å². The monoisotopic (exact) mass is 428 g/mol. The highest BCUT2D eigenvalue weighted by atomic mass is 16.5. The molecule has 4 aliphatic rings. The first-order valence-corrected chi connectivity index (χ1v) is 11.3. The van der Waals surface area contributed by atoms with Crippen LogP contribution in [-0.2, 0) is 16.1 Å². The van der Waals surface area contributed by atoms with Gasteiger partial charge in [-0.3, -0.25) is 24.3 Å². The molecular weight excluding hydrogens is 396 g/mol. The second-order valence-electron chi connectivity index (χ2n) is 9.61. The van der Waals surface area contributed by atoms with Gasteiger partial charge in [-0.25, -0.2) is 0 Å². The Morgan fingerprint density at radius 2 is 1.81 bits per heavy atom. The summed E-state index contributed by atoms with van der Waals surface area (Å²) >= 11 is 0. The number of ether oxygens (including phenoxy) is 1. The molecule has 2 amide bonds. The summed E-state index contributed by atoms with van der Waals surface area (Å²) in [6, 6.07) is 7.57. The molecule has 8 heteroatoms. The number of aliphatic hydroxyl groups excluding tert-OH is 1. The van der Waals surface area contributed by atoms with Crippen LogP contribution in [0.25, 0.3) is 0 Å². The predicted octanol–water partition coefficient (Wildman–Crippen LogP) is 0.148. The van der Waals surface area contributed by atoms with E-state index in [1.807, 2.05) is 29.2 Å². The summed E-state index contributed by atoms with van der Waals surface area (Å²) in [4.78, 5) is 35.2. The van der Waals surface area contributed by atoms with Gasteiger partial charge in [0.25, 0.3) is 5.91 Å². The first-order valence-electron chi connectivity index (χ1n) is 11.3. The van der Waals surface area contributed by atoms with Crippen molar-refractivity contribution in [3.05, 3.63) is 29.8 Å². The fraction of sp³-hybridized carbons (Fsp3) is 0.652. The number of rotatable bonds is 4. The number of carbonyl (C=O) groups is 2. The number of aliphatic hydroxyl groups is 1. The third-order valence-electron chi connectivity index (χ3n) is 7.66. The lowest BCUT2D eigenvalue weighted by atomic mass is 9.80. The van der Waals surface area contributed by atoms with E-state index in [1.54, 1.807) is 7.11 Å². The largest absolute Gasteiger partial charge is 0.497 e. The van der Waals surface area contributed by atoms with Crippen molar-refractivity contribution in [2.45, 2.75) is 49.5 Å². The average Bonchev–Trinajstić information content (AvgIpc) is 3.14. The molecule has 5 rings (SSSR count). The number of piperazine rings is 1. The number of nitrogens with zero attached hydrogens (tertiary/aromatic N) is 4. The Morgan fingerprint density at radius 3 is 2.45 bits per heavy atom. The highest BCUT2D eigenvalue weighted by Gasteiger charge is 2.64. The van der Waals surface area contributed by atoms with E-state index >= 15 is 0 Å². The lowest BCUT2D eigenvalue weighted by molar-refractivity contribution is -0.184. The lowest BCUT2D eigenvalue weighted by Gasteiger charge is -2.60. The van der Waals surface area contributed by atoms with Gasteiger partial charge in [0.15, 0.2) is 0 Å². The van der Waals surface area contributed by atoms with Crippen molar-refractivity contribution in [3.8, 4) is 5.75 Å². The summed E-state index contributed by atoms with van der Waals surface area (Å²) in [5.74, 6) is 0.456. The van der Waals surface area contributed by atoms with Crippen LogP contribution in [-0.4, -0.2) is 107 Å². The summed E-state index contributed by atoms with van der Waals surface area (Å²) in [6.45, 7) is 4.12. The summed E-state index contributed by atoms with van der Waals surface area (Å²) in [7, 11) is 3.76. The number of piperidine rings is 1. The Hall–Kier alpha value is -2.00. The van der Waals surface area contributed by atoms with Gasteiger partial charge in [0.2, 0.25) is 5.91 Å². The van der Waals surface area contributed by atoms with Gasteiger partial charge in [0, 0.05) is 25.7 Å². The molecule has 1 aromatic rings. The van der Waals surface area contributed by atoms with Crippen molar-refractivity contribution in [3.63, 3.8) is 0 Å². The molecule has 0 saturated carbocycles. The van der Waals surface area contributed by atoms with Crippen LogP contribution in [0.2, 0.25) is 0 Å². The number of likely N-dealkylation sites (tertiary alicyclic amines) is 2. The molecule has 4 saturated heterocycles. The van der Waals surface area contributed by atoms with Crippen LogP contribution >= 0.6 is 0 Å². The molecule has 1 N–H and O–H groups in total. The predicted molar refractivity (Wildman–Crippen MR) is 114 cm³/mol. The summed E-state index contributed by atoms with van der Waals surface area (Å²) in [5, 5.41) is 10.3. The minimum atomic E-state index is -0.689. The Morgan fingerprint density at radius 1 is 1.13 bits per heavy atom. The van der Waals surface area contributed by atoms with Crippen LogP contribution in [0.4, 0.5) is 0 Å². The van der Waals surface area contributed by atoms with E-state index in [4.69, 9.17) is 4.74 Å². The minimum Gasteiger partial charge on any atom is -0.497 e. The molecule has 31 heavy (non-hydrogen) atoms. The normalized spacial score (nSPS) is 30.0. The molecule has 2 unspecified atom stereocenters. The van der Waals surface area contributed by atoms with Gasteiger partial charge < -0.3 is 14.7 Å². The molecule has 8 nitrogen and oxygen atoms in total. The molecule has 0 aliphatic carbocycles. The molecule has 4 aliphatic heterocycles. The molecule has 1 aromatic carbocycles. The van der Waals surface area contributed by atoms with E-state index in [1.165, 1.54) is 4.90 Å². The zero-order valence-corrected chi connectivity index (χ0v) is 18.4. The van der Waals surface area contributed by atoms with Crippen molar-refractivity contribution >= 4 is 11.8 Å². The number of methoxy groups -OCH3 is 1. The molecule has 2 atom stereocenters. The molecule has 0 radical (unpaired) electrons. The third-order valence-corrected chi connectivity index (χ3v) is 7.66. The zero-order chi connectivity index (χ0) is 21.8. The van der Waals surface area contributed by atoms with E-state index < -0.39 is 17.7 Å². The van der Waals surface area contributed by atoms with Crippen molar-refractivity contribution in [1.29, 1.82) is 0 Å². The maximum Gasteiger partial charge on any atom is 0.252 e.